The molecule has 1 nitrogen and oxygen atoms in total. The van der Waals surface area contributed by atoms with Gasteiger partial charge in [0, 0.05) is 10.6 Å². The zero-order chi connectivity index (χ0) is 9.30. The molecule has 0 aliphatic carbocycles. The predicted molar refractivity (Wildman–Crippen MR) is 46.8 cm³/mol. The highest BCUT2D eigenvalue weighted by Crippen LogP contribution is 2.25. The third-order valence-corrected chi connectivity index (χ3v) is 2.54. The summed E-state index contributed by atoms with van der Waals surface area (Å²) < 4.78 is 13.0. The van der Waals surface area contributed by atoms with Crippen LogP contribution in [-0.2, 0) is 6.61 Å². The Balaban J connectivity index is 3.39. The highest BCUT2D eigenvalue weighted by molar-refractivity contribution is 6.32. The predicted octanol–water partition coefficient (Wildman–Crippen LogP) is 2.59. The number of hydrogen-bond donors (Lipinski definition) is 1. The second kappa shape index (κ2) is 3.42. The van der Waals surface area contributed by atoms with Crippen LogP contribution in [0.15, 0.2) is 6.07 Å². The lowest BCUT2D eigenvalue weighted by Gasteiger charge is -2.08. The van der Waals surface area contributed by atoms with Crippen molar-refractivity contribution in [3.8, 4) is 0 Å². The maximum atomic E-state index is 13.0. The van der Waals surface area contributed by atoms with Gasteiger partial charge in [0.15, 0.2) is 0 Å². The highest BCUT2D eigenvalue weighted by atomic mass is 35.5. The summed E-state index contributed by atoms with van der Waals surface area (Å²) in [6.45, 7) is 3.20. The Hall–Kier alpha value is -0.600. The van der Waals surface area contributed by atoms with E-state index in [1.54, 1.807) is 13.8 Å². The van der Waals surface area contributed by atoms with Crippen molar-refractivity contribution in [2.24, 2.45) is 0 Å². The molecular formula is C9H10ClFO. The van der Waals surface area contributed by atoms with Gasteiger partial charge in [-0.3, -0.25) is 0 Å². The van der Waals surface area contributed by atoms with Crippen LogP contribution >= 0.6 is 11.6 Å². The van der Waals surface area contributed by atoms with Crippen LogP contribution in [0.25, 0.3) is 0 Å². The van der Waals surface area contributed by atoms with E-state index in [1.807, 2.05) is 0 Å². The first-order chi connectivity index (χ1) is 5.57. The zero-order valence-electron chi connectivity index (χ0n) is 6.99. The van der Waals surface area contributed by atoms with Gasteiger partial charge in [0.05, 0.1) is 6.61 Å². The summed E-state index contributed by atoms with van der Waals surface area (Å²) in [4.78, 5) is 0. The van der Waals surface area contributed by atoms with Gasteiger partial charge in [0.2, 0.25) is 0 Å². The normalized spacial score (nSPS) is 10.4. The van der Waals surface area contributed by atoms with E-state index in [2.05, 4.69) is 0 Å². The molecule has 0 saturated heterocycles. The molecule has 0 radical (unpaired) electrons. The molecule has 1 aromatic rings. The number of benzene rings is 1. The Kier molecular flexibility index (Phi) is 2.70. The van der Waals surface area contributed by atoms with Gasteiger partial charge < -0.3 is 5.11 Å². The molecule has 0 bridgehead atoms. The first-order valence-electron chi connectivity index (χ1n) is 3.63. The Morgan fingerprint density at radius 3 is 2.50 bits per heavy atom. The minimum absolute atomic E-state index is 0.178. The molecule has 66 valence electrons. The molecule has 0 aliphatic heterocycles. The van der Waals surface area contributed by atoms with Gasteiger partial charge >= 0.3 is 0 Å². The zero-order valence-corrected chi connectivity index (χ0v) is 7.74. The Morgan fingerprint density at radius 1 is 1.42 bits per heavy atom. The number of hydrogen-bond acceptors (Lipinski definition) is 1. The average molecular weight is 189 g/mol. The fourth-order valence-electron chi connectivity index (χ4n) is 1.06. The van der Waals surface area contributed by atoms with Crippen LogP contribution in [0.1, 0.15) is 16.7 Å². The summed E-state index contributed by atoms with van der Waals surface area (Å²) >= 11 is 5.82. The van der Waals surface area contributed by atoms with Gasteiger partial charge in [-0.25, -0.2) is 4.39 Å². The standard InChI is InChI=1S/C9H10ClFO/c1-5-7(4-12)3-8(11)6(2)9(5)10/h3,12H,4H2,1-2H3. The van der Waals surface area contributed by atoms with E-state index in [-0.39, 0.29) is 12.4 Å². The first-order valence-corrected chi connectivity index (χ1v) is 4.00. The third-order valence-electron chi connectivity index (χ3n) is 1.97. The summed E-state index contributed by atoms with van der Waals surface area (Å²) in [5.74, 6) is -0.366. The van der Waals surface area contributed by atoms with E-state index in [4.69, 9.17) is 16.7 Å². The second-order valence-electron chi connectivity index (χ2n) is 2.74. The van der Waals surface area contributed by atoms with E-state index >= 15 is 0 Å². The van der Waals surface area contributed by atoms with Crippen molar-refractivity contribution in [2.75, 3.05) is 0 Å². The average Bonchev–Trinajstić information content (AvgIpc) is 2.08. The number of halogens is 2. The molecule has 0 fully saturated rings. The summed E-state index contributed by atoms with van der Waals surface area (Å²) in [6.07, 6.45) is 0. The molecule has 0 amide bonds. The van der Waals surface area contributed by atoms with Crippen LogP contribution in [0, 0.1) is 19.7 Å². The minimum Gasteiger partial charge on any atom is -0.392 e. The topological polar surface area (TPSA) is 20.2 Å². The molecular weight excluding hydrogens is 179 g/mol. The Bertz CT molecular complexity index is 310. The van der Waals surface area contributed by atoms with Crippen LogP contribution in [0.3, 0.4) is 0 Å². The maximum Gasteiger partial charge on any atom is 0.127 e. The van der Waals surface area contributed by atoms with Crippen LogP contribution < -0.4 is 0 Å². The molecule has 1 aromatic carbocycles. The van der Waals surface area contributed by atoms with Crippen molar-refractivity contribution in [1.29, 1.82) is 0 Å². The van der Waals surface area contributed by atoms with Crippen molar-refractivity contribution in [2.45, 2.75) is 20.5 Å². The first kappa shape index (κ1) is 9.49. The number of aliphatic hydroxyl groups is 1. The van der Waals surface area contributed by atoms with Crippen molar-refractivity contribution < 1.29 is 9.50 Å². The lowest BCUT2D eigenvalue weighted by Crippen LogP contribution is -1.95. The van der Waals surface area contributed by atoms with Crippen molar-refractivity contribution in [3.05, 3.63) is 33.6 Å². The molecule has 0 saturated carbocycles. The Morgan fingerprint density at radius 2 is 2.00 bits per heavy atom. The molecule has 0 unspecified atom stereocenters. The van der Waals surface area contributed by atoms with E-state index < -0.39 is 0 Å². The fraction of sp³-hybridized carbons (Fsp3) is 0.333. The quantitative estimate of drug-likeness (QED) is 0.718. The van der Waals surface area contributed by atoms with Crippen LogP contribution in [-0.4, -0.2) is 5.11 Å². The lowest BCUT2D eigenvalue weighted by molar-refractivity contribution is 0.280. The SMILES string of the molecule is Cc1c(F)cc(CO)c(C)c1Cl. The molecule has 0 aliphatic rings. The largest absolute Gasteiger partial charge is 0.392 e. The molecule has 0 heterocycles. The van der Waals surface area contributed by atoms with Crippen LogP contribution in [0.5, 0.6) is 0 Å². The monoisotopic (exact) mass is 188 g/mol. The summed E-state index contributed by atoms with van der Waals surface area (Å²) in [6, 6.07) is 1.32. The molecule has 0 aromatic heterocycles. The smallest absolute Gasteiger partial charge is 0.127 e. The van der Waals surface area contributed by atoms with Gasteiger partial charge in [-0.15, -0.1) is 0 Å². The van der Waals surface area contributed by atoms with E-state index in [1.165, 1.54) is 6.07 Å². The van der Waals surface area contributed by atoms with Crippen molar-refractivity contribution >= 4 is 11.6 Å². The number of aliphatic hydroxyl groups excluding tert-OH is 1. The van der Waals surface area contributed by atoms with Gasteiger partial charge in [0.25, 0.3) is 0 Å². The summed E-state index contributed by atoms with van der Waals surface area (Å²) in [7, 11) is 0. The van der Waals surface area contributed by atoms with Crippen molar-refractivity contribution in [1.82, 2.24) is 0 Å². The fourth-order valence-corrected chi connectivity index (χ4v) is 1.27. The van der Waals surface area contributed by atoms with Gasteiger partial charge in [-0.1, -0.05) is 11.6 Å². The van der Waals surface area contributed by atoms with E-state index in [9.17, 15) is 4.39 Å². The number of rotatable bonds is 1. The van der Waals surface area contributed by atoms with Crippen LogP contribution in [0.4, 0.5) is 4.39 Å². The molecule has 0 atom stereocenters. The molecule has 1 rings (SSSR count). The maximum absolute atomic E-state index is 13.0. The molecule has 0 spiro atoms. The van der Waals surface area contributed by atoms with E-state index in [0.717, 1.165) is 5.56 Å². The Labute approximate surface area is 75.8 Å². The van der Waals surface area contributed by atoms with Gasteiger partial charge in [-0.05, 0) is 31.0 Å². The summed E-state index contributed by atoms with van der Waals surface area (Å²) in [5.41, 5.74) is 1.73. The summed E-state index contributed by atoms with van der Waals surface area (Å²) in [5, 5.41) is 9.23. The van der Waals surface area contributed by atoms with Crippen LogP contribution in [0.2, 0.25) is 5.02 Å². The van der Waals surface area contributed by atoms with E-state index in [0.29, 0.717) is 16.1 Å². The highest BCUT2D eigenvalue weighted by Gasteiger charge is 2.09. The third kappa shape index (κ3) is 1.45. The van der Waals surface area contributed by atoms with Gasteiger partial charge in [0.1, 0.15) is 5.82 Å². The van der Waals surface area contributed by atoms with Gasteiger partial charge in [-0.2, -0.15) is 0 Å². The molecule has 1 N–H and O–H groups in total. The lowest BCUT2D eigenvalue weighted by atomic mass is 10.1. The molecule has 12 heavy (non-hydrogen) atoms. The van der Waals surface area contributed by atoms with Crippen molar-refractivity contribution in [3.63, 3.8) is 0 Å². The molecule has 3 heteroatoms. The minimum atomic E-state index is -0.366. The second-order valence-corrected chi connectivity index (χ2v) is 3.12.